The van der Waals surface area contributed by atoms with Crippen LogP contribution in [-0.2, 0) is 19.8 Å². The Hall–Kier alpha value is -2.16. The van der Waals surface area contributed by atoms with Crippen LogP contribution < -0.4 is 9.64 Å². The van der Waals surface area contributed by atoms with Gasteiger partial charge in [0, 0.05) is 30.6 Å². The van der Waals surface area contributed by atoms with Gasteiger partial charge in [0.25, 0.3) is 0 Å². The van der Waals surface area contributed by atoms with Crippen molar-refractivity contribution < 1.29 is 31.4 Å². The molecular weight excluding hydrogens is 329 g/mol. The molecule has 1 unspecified atom stereocenters. The molecule has 1 heterocycles. The molecule has 9 heteroatoms. The molecule has 0 spiro atoms. The minimum atomic E-state index is -4.64. The van der Waals surface area contributed by atoms with E-state index >= 15 is 0 Å². The van der Waals surface area contributed by atoms with Crippen LogP contribution in [0.4, 0.5) is 9.57 Å². The van der Waals surface area contributed by atoms with Gasteiger partial charge in [-0.1, -0.05) is 0 Å². The van der Waals surface area contributed by atoms with Crippen molar-refractivity contribution in [1.82, 2.24) is 0 Å². The number of anilines is 1. The fourth-order valence-electron chi connectivity index (χ4n) is 2.55. The van der Waals surface area contributed by atoms with E-state index in [0.29, 0.717) is 5.69 Å². The molecule has 1 aromatic carbocycles. The Morgan fingerprint density at radius 1 is 1.39 bits per heavy atom. The van der Waals surface area contributed by atoms with Crippen LogP contribution in [0.15, 0.2) is 18.2 Å². The largest absolute Gasteiger partial charge is 0.496 e. The van der Waals surface area contributed by atoms with Gasteiger partial charge in [0.15, 0.2) is 0 Å². The fraction of sp³-hybridized carbons (Fsp3) is 0.429. The Bertz CT molecular complexity index is 733. The molecule has 126 valence electrons. The number of hydrogen-bond donors (Lipinski definition) is 0. The molecule has 2 rings (SSSR count). The summed E-state index contributed by atoms with van der Waals surface area (Å²) in [5.41, 5.74) is 0.645. The second-order valence-electron chi connectivity index (χ2n) is 5.16. The number of nitrogens with zero attached hydrogens (tertiary/aromatic N) is 1. The van der Waals surface area contributed by atoms with Crippen molar-refractivity contribution in [3.05, 3.63) is 23.8 Å². The second-order valence-corrected chi connectivity index (χ2v) is 6.57. The molecule has 1 aromatic rings. The lowest BCUT2D eigenvalue weighted by Gasteiger charge is -2.18. The molecule has 23 heavy (non-hydrogen) atoms. The van der Waals surface area contributed by atoms with E-state index in [4.69, 9.17) is 4.74 Å². The van der Waals surface area contributed by atoms with E-state index in [1.807, 2.05) is 0 Å². The van der Waals surface area contributed by atoms with Gasteiger partial charge >= 0.3 is 16.2 Å². The predicted molar refractivity (Wildman–Crippen MR) is 79.7 cm³/mol. The van der Waals surface area contributed by atoms with Crippen LogP contribution in [0.5, 0.6) is 5.75 Å². The summed E-state index contributed by atoms with van der Waals surface area (Å²) in [5.74, 6) is -1.96. The Balaban J connectivity index is 2.25. The number of carbonyl (C=O) groups excluding carboxylic acids is 2. The van der Waals surface area contributed by atoms with E-state index < -0.39 is 27.9 Å². The monoisotopic (exact) mass is 345 g/mol. The Morgan fingerprint density at radius 2 is 2.09 bits per heavy atom. The maximum Gasteiger partial charge on any atom is 0.341 e. The van der Waals surface area contributed by atoms with Crippen molar-refractivity contribution in [1.29, 1.82) is 0 Å². The van der Waals surface area contributed by atoms with Crippen molar-refractivity contribution in [3.63, 3.8) is 0 Å². The van der Waals surface area contributed by atoms with Gasteiger partial charge in [0.05, 0.1) is 20.0 Å². The van der Waals surface area contributed by atoms with Crippen molar-refractivity contribution >= 4 is 27.8 Å². The lowest BCUT2D eigenvalue weighted by molar-refractivity contribution is -0.117. The molecule has 1 saturated heterocycles. The van der Waals surface area contributed by atoms with Crippen molar-refractivity contribution in [2.75, 3.05) is 31.4 Å². The van der Waals surface area contributed by atoms with Gasteiger partial charge in [-0.05, 0) is 12.1 Å². The second kappa shape index (κ2) is 6.53. The van der Waals surface area contributed by atoms with Gasteiger partial charge in [0.1, 0.15) is 11.3 Å². The summed E-state index contributed by atoms with van der Waals surface area (Å²) >= 11 is 0. The highest BCUT2D eigenvalue weighted by molar-refractivity contribution is 7.86. The molecule has 0 bridgehead atoms. The van der Waals surface area contributed by atoms with Crippen LogP contribution in [0, 0.1) is 5.92 Å². The molecule has 1 aliphatic heterocycles. The third-order valence-electron chi connectivity index (χ3n) is 3.54. The van der Waals surface area contributed by atoms with E-state index in [0.717, 1.165) is 0 Å². The first-order valence-electron chi connectivity index (χ1n) is 6.74. The highest BCUT2D eigenvalue weighted by atomic mass is 32.3. The number of esters is 1. The summed E-state index contributed by atoms with van der Waals surface area (Å²) in [7, 11) is -2.03. The molecule has 1 aliphatic rings. The van der Waals surface area contributed by atoms with Crippen molar-refractivity contribution in [2.45, 2.75) is 6.42 Å². The summed E-state index contributed by atoms with van der Waals surface area (Å²) in [6.45, 7) is 0.0860. The Labute approximate surface area is 133 Å². The molecule has 0 N–H and O–H groups in total. The van der Waals surface area contributed by atoms with Gasteiger partial charge in [-0.2, -0.15) is 8.42 Å². The summed E-state index contributed by atoms with van der Waals surface area (Å²) in [6.07, 6.45) is -0.0514. The fourth-order valence-corrected chi connectivity index (χ4v) is 3.34. The van der Waals surface area contributed by atoms with Gasteiger partial charge < -0.3 is 14.4 Å². The van der Waals surface area contributed by atoms with E-state index in [9.17, 15) is 21.9 Å². The average Bonchev–Trinajstić information content (AvgIpc) is 2.84. The van der Waals surface area contributed by atoms with Crippen LogP contribution in [0.25, 0.3) is 0 Å². The molecule has 0 radical (unpaired) electrons. The molecule has 0 aliphatic carbocycles. The zero-order valence-electron chi connectivity index (χ0n) is 12.6. The van der Waals surface area contributed by atoms with Gasteiger partial charge in [-0.15, -0.1) is 3.89 Å². The molecular formula is C14H16FNO6S. The van der Waals surface area contributed by atoms with E-state index in [1.54, 1.807) is 0 Å². The number of methoxy groups -OCH3 is 2. The van der Waals surface area contributed by atoms with E-state index in [-0.39, 0.29) is 30.2 Å². The lowest BCUT2D eigenvalue weighted by Crippen LogP contribution is -2.25. The molecule has 0 aromatic heterocycles. The Morgan fingerprint density at radius 3 is 2.65 bits per heavy atom. The highest BCUT2D eigenvalue weighted by Crippen LogP contribution is 2.31. The number of benzene rings is 1. The molecule has 1 amide bonds. The van der Waals surface area contributed by atoms with Crippen LogP contribution in [0.2, 0.25) is 0 Å². The van der Waals surface area contributed by atoms with Crippen molar-refractivity contribution in [3.8, 4) is 5.75 Å². The number of ether oxygens (including phenoxy) is 2. The summed E-state index contributed by atoms with van der Waals surface area (Å²) < 4.78 is 44.0. The van der Waals surface area contributed by atoms with E-state index in [1.165, 1.54) is 37.3 Å². The number of carbonyl (C=O) groups is 2. The highest BCUT2D eigenvalue weighted by Gasteiger charge is 2.34. The van der Waals surface area contributed by atoms with Crippen molar-refractivity contribution in [2.24, 2.45) is 5.92 Å². The third kappa shape index (κ3) is 3.98. The number of hydrogen-bond acceptors (Lipinski definition) is 6. The van der Waals surface area contributed by atoms with Crippen LogP contribution >= 0.6 is 0 Å². The van der Waals surface area contributed by atoms with Crippen LogP contribution in [0.1, 0.15) is 16.8 Å². The molecule has 1 atom stereocenters. The van der Waals surface area contributed by atoms with E-state index in [2.05, 4.69) is 4.74 Å². The zero-order valence-corrected chi connectivity index (χ0v) is 13.4. The smallest absolute Gasteiger partial charge is 0.341 e. The first kappa shape index (κ1) is 17.2. The molecule has 1 fully saturated rings. The summed E-state index contributed by atoms with van der Waals surface area (Å²) in [4.78, 5) is 25.0. The SMILES string of the molecule is COC(=O)c1ccc(N2CC(CS(=O)(=O)F)CC2=O)cc1OC. The predicted octanol–water partition coefficient (Wildman–Crippen LogP) is 1.13. The number of amides is 1. The minimum Gasteiger partial charge on any atom is -0.496 e. The van der Waals surface area contributed by atoms with Crippen LogP contribution in [0.3, 0.4) is 0 Å². The maximum atomic E-state index is 12.8. The normalized spacial score (nSPS) is 18.1. The van der Waals surface area contributed by atoms with Gasteiger partial charge in [-0.25, -0.2) is 4.79 Å². The summed E-state index contributed by atoms with van der Waals surface area (Å²) in [5, 5.41) is 0. The topological polar surface area (TPSA) is 90.0 Å². The molecule has 7 nitrogen and oxygen atoms in total. The first-order chi connectivity index (χ1) is 10.7. The Kier molecular flexibility index (Phi) is 4.88. The maximum absolute atomic E-state index is 12.8. The molecule has 0 saturated carbocycles. The number of halogens is 1. The van der Waals surface area contributed by atoms with Crippen LogP contribution in [-0.4, -0.2) is 46.8 Å². The quantitative estimate of drug-likeness (QED) is 0.587. The average molecular weight is 345 g/mol. The van der Waals surface area contributed by atoms with Gasteiger partial charge in [0.2, 0.25) is 5.91 Å². The number of rotatable bonds is 5. The minimum absolute atomic E-state index is 0.0514. The standard InChI is InChI=1S/C14H16FNO6S/c1-21-12-6-10(3-4-11(12)14(18)22-2)16-7-9(5-13(16)17)8-23(15,19)20/h3-4,6,9H,5,7-8H2,1-2H3. The van der Waals surface area contributed by atoms with Gasteiger partial charge in [-0.3, -0.25) is 4.79 Å². The summed E-state index contributed by atoms with van der Waals surface area (Å²) in [6, 6.07) is 4.46. The third-order valence-corrected chi connectivity index (χ3v) is 4.41. The first-order valence-corrected chi connectivity index (χ1v) is 8.29. The lowest BCUT2D eigenvalue weighted by atomic mass is 10.1. The zero-order chi connectivity index (χ0) is 17.2.